The summed E-state index contributed by atoms with van der Waals surface area (Å²) in [5.41, 5.74) is 1.38. The largest absolute Gasteiger partial charge is 0.396 e. The summed E-state index contributed by atoms with van der Waals surface area (Å²) in [5, 5.41) is 9.05. The Labute approximate surface area is 108 Å². The molecule has 94 valence electrons. The molecule has 1 aromatic rings. The van der Waals surface area contributed by atoms with Gasteiger partial charge >= 0.3 is 0 Å². The summed E-state index contributed by atoms with van der Waals surface area (Å²) in [5.74, 6) is 0. The number of aliphatic hydroxyl groups is 1. The second kappa shape index (κ2) is 6.43. The molecule has 0 radical (unpaired) electrons. The van der Waals surface area contributed by atoms with Crippen LogP contribution in [-0.4, -0.2) is 35.5 Å². The molecule has 2 rings (SSSR count). The maximum atomic E-state index is 9.05. The molecule has 0 amide bonds. The standard InChI is InChI=1S/C14H21NOS/c1-17-14-6-4-12(5-7-14)11-15-9-2-3-13(15)8-10-16/h4-7,13,16H,2-3,8-11H2,1H3/t13-/m0/s1. The minimum absolute atomic E-state index is 0.312. The van der Waals surface area contributed by atoms with Crippen LogP contribution < -0.4 is 0 Å². The van der Waals surface area contributed by atoms with Gasteiger partial charge in [0.15, 0.2) is 0 Å². The average molecular weight is 251 g/mol. The second-order valence-electron chi connectivity index (χ2n) is 4.63. The number of rotatable bonds is 5. The molecule has 1 heterocycles. The SMILES string of the molecule is CSc1ccc(CN2CCC[C@H]2CCO)cc1. The normalized spacial score (nSPS) is 20.9. The van der Waals surface area contributed by atoms with Gasteiger partial charge in [-0.2, -0.15) is 0 Å². The Morgan fingerprint density at radius 3 is 2.76 bits per heavy atom. The van der Waals surface area contributed by atoms with E-state index in [0.29, 0.717) is 12.6 Å². The smallest absolute Gasteiger partial charge is 0.0445 e. The molecule has 3 heteroatoms. The fourth-order valence-electron chi connectivity index (χ4n) is 2.54. The summed E-state index contributed by atoms with van der Waals surface area (Å²) in [6.07, 6.45) is 5.53. The first-order chi connectivity index (χ1) is 8.33. The third-order valence-corrected chi connectivity index (χ3v) is 4.25. The lowest BCUT2D eigenvalue weighted by Crippen LogP contribution is -2.29. The van der Waals surface area contributed by atoms with E-state index >= 15 is 0 Å². The summed E-state index contributed by atoms with van der Waals surface area (Å²) in [6, 6.07) is 9.41. The molecule has 0 spiro atoms. The third-order valence-electron chi connectivity index (χ3n) is 3.51. The molecule has 0 aromatic heterocycles. The van der Waals surface area contributed by atoms with Gasteiger partial charge in [-0.05, 0) is 49.8 Å². The van der Waals surface area contributed by atoms with Crippen LogP contribution in [0.3, 0.4) is 0 Å². The Morgan fingerprint density at radius 2 is 2.12 bits per heavy atom. The van der Waals surface area contributed by atoms with Gasteiger partial charge in [-0.15, -0.1) is 11.8 Å². The first-order valence-electron chi connectivity index (χ1n) is 6.31. The summed E-state index contributed by atoms with van der Waals surface area (Å²) >= 11 is 1.78. The highest BCUT2D eigenvalue weighted by Gasteiger charge is 2.23. The fraction of sp³-hybridized carbons (Fsp3) is 0.571. The van der Waals surface area contributed by atoms with Crippen molar-refractivity contribution in [2.45, 2.75) is 36.7 Å². The number of hydrogen-bond acceptors (Lipinski definition) is 3. The second-order valence-corrected chi connectivity index (χ2v) is 5.51. The summed E-state index contributed by atoms with van der Waals surface area (Å²) in [4.78, 5) is 3.83. The highest BCUT2D eigenvalue weighted by atomic mass is 32.2. The van der Waals surface area contributed by atoms with Crippen molar-refractivity contribution in [2.24, 2.45) is 0 Å². The lowest BCUT2D eigenvalue weighted by Gasteiger charge is -2.23. The molecule has 1 aromatic carbocycles. The van der Waals surface area contributed by atoms with E-state index in [4.69, 9.17) is 5.11 Å². The van der Waals surface area contributed by atoms with Crippen LogP contribution in [0.1, 0.15) is 24.8 Å². The highest BCUT2D eigenvalue weighted by Crippen LogP contribution is 2.23. The van der Waals surface area contributed by atoms with Crippen LogP contribution in [0.25, 0.3) is 0 Å². The summed E-state index contributed by atoms with van der Waals surface area (Å²) in [7, 11) is 0. The Morgan fingerprint density at radius 1 is 1.35 bits per heavy atom. The minimum Gasteiger partial charge on any atom is -0.396 e. The van der Waals surface area contributed by atoms with Crippen LogP contribution in [0.5, 0.6) is 0 Å². The van der Waals surface area contributed by atoms with Crippen LogP contribution in [0, 0.1) is 0 Å². The molecule has 1 aliphatic rings. The first-order valence-corrected chi connectivity index (χ1v) is 7.54. The quantitative estimate of drug-likeness (QED) is 0.814. The number of thioether (sulfide) groups is 1. The van der Waals surface area contributed by atoms with Crippen molar-refractivity contribution in [2.75, 3.05) is 19.4 Å². The molecular weight excluding hydrogens is 230 g/mol. The average Bonchev–Trinajstić information content (AvgIpc) is 2.78. The van der Waals surface area contributed by atoms with Gasteiger partial charge in [-0.25, -0.2) is 0 Å². The lowest BCUT2D eigenvalue weighted by molar-refractivity contribution is 0.190. The van der Waals surface area contributed by atoms with Crippen LogP contribution in [-0.2, 0) is 6.54 Å². The van der Waals surface area contributed by atoms with Crippen LogP contribution in [0.4, 0.5) is 0 Å². The fourth-order valence-corrected chi connectivity index (χ4v) is 2.95. The molecule has 0 bridgehead atoms. The topological polar surface area (TPSA) is 23.5 Å². The Hall–Kier alpha value is -0.510. The molecule has 1 saturated heterocycles. The molecular formula is C14H21NOS. The van der Waals surface area contributed by atoms with Crippen molar-refractivity contribution >= 4 is 11.8 Å². The number of hydrogen-bond donors (Lipinski definition) is 1. The van der Waals surface area contributed by atoms with Crippen molar-refractivity contribution in [1.82, 2.24) is 4.90 Å². The third kappa shape index (κ3) is 3.47. The molecule has 2 nitrogen and oxygen atoms in total. The summed E-state index contributed by atoms with van der Waals surface area (Å²) < 4.78 is 0. The molecule has 1 fully saturated rings. The summed E-state index contributed by atoms with van der Waals surface area (Å²) in [6.45, 7) is 2.51. The molecule has 1 atom stereocenters. The van der Waals surface area contributed by atoms with Crippen molar-refractivity contribution in [3.8, 4) is 0 Å². The molecule has 0 aliphatic carbocycles. The number of likely N-dealkylation sites (tertiary alicyclic amines) is 1. The van der Waals surface area contributed by atoms with Crippen molar-refractivity contribution in [1.29, 1.82) is 0 Å². The van der Waals surface area contributed by atoms with E-state index < -0.39 is 0 Å². The zero-order valence-electron chi connectivity index (χ0n) is 10.4. The van der Waals surface area contributed by atoms with Gasteiger partial charge in [0.25, 0.3) is 0 Å². The van der Waals surface area contributed by atoms with E-state index in [9.17, 15) is 0 Å². The predicted molar refractivity (Wildman–Crippen MR) is 73.4 cm³/mol. The molecule has 17 heavy (non-hydrogen) atoms. The van der Waals surface area contributed by atoms with E-state index in [-0.39, 0.29) is 0 Å². The molecule has 1 aliphatic heterocycles. The minimum atomic E-state index is 0.312. The van der Waals surface area contributed by atoms with Crippen LogP contribution in [0.15, 0.2) is 29.2 Å². The van der Waals surface area contributed by atoms with Gasteiger partial charge < -0.3 is 5.11 Å². The Balaban J connectivity index is 1.94. The number of nitrogens with zero attached hydrogens (tertiary/aromatic N) is 1. The van der Waals surface area contributed by atoms with E-state index in [1.165, 1.54) is 29.8 Å². The van der Waals surface area contributed by atoms with E-state index in [2.05, 4.69) is 35.4 Å². The van der Waals surface area contributed by atoms with Crippen molar-refractivity contribution in [3.63, 3.8) is 0 Å². The molecule has 0 saturated carbocycles. The first kappa shape index (κ1) is 12.9. The van der Waals surface area contributed by atoms with E-state index in [0.717, 1.165) is 13.0 Å². The van der Waals surface area contributed by atoms with Crippen molar-refractivity contribution < 1.29 is 5.11 Å². The van der Waals surface area contributed by atoms with Gasteiger partial charge in [0, 0.05) is 24.1 Å². The Kier molecular flexibility index (Phi) is 4.89. The van der Waals surface area contributed by atoms with Crippen LogP contribution >= 0.6 is 11.8 Å². The monoisotopic (exact) mass is 251 g/mol. The van der Waals surface area contributed by atoms with Gasteiger partial charge in [-0.3, -0.25) is 4.90 Å². The highest BCUT2D eigenvalue weighted by molar-refractivity contribution is 7.98. The number of aliphatic hydroxyl groups excluding tert-OH is 1. The van der Waals surface area contributed by atoms with Gasteiger partial charge in [0.1, 0.15) is 0 Å². The zero-order chi connectivity index (χ0) is 12.1. The lowest BCUT2D eigenvalue weighted by atomic mass is 10.1. The van der Waals surface area contributed by atoms with E-state index in [1.54, 1.807) is 11.8 Å². The Bertz CT molecular complexity index is 339. The maximum absolute atomic E-state index is 9.05. The molecule has 0 unspecified atom stereocenters. The predicted octanol–water partition coefficient (Wildman–Crippen LogP) is 2.76. The molecule has 1 N–H and O–H groups in total. The zero-order valence-corrected chi connectivity index (χ0v) is 11.2. The van der Waals surface area contributed by atoms with Crippen LogP contribution in [0.2, 0.25) is 0 Å². The van der Waals surface area contributed by atoms with Gasteiger partial charge in [0.05, 0.1) is 0 Å². The van der Waals surface area contributed by atoms with Gasteiger partial charge in [0.2, 0.25) is 0 Å². The van der Waals surface area contributed by atoms with Gasteiger partial charge in [-0.1, -0.05) is 12.1 Å². The van der Waals surface area contributed by atoms with Crippen molar-refractivity contribution in [3.05, 3.63) is 29.8 Å². The number of benzene rings is 1. The maximum Gasteiger partial charge on any atom is 0.0445 e. The van der Waals surface area contributed by atoms with E-state index in [1.807, 2.05) is 0 Å².